The van der Waals surface area contributed by atoms with E-state index in [1.807, 2.05) is 19.1 Å². The fraction of sp³-hybridized carbons (Fsp3) is 0.381. The maximum atomic E-state index is 12.5. The van der Waals surface area contributed by atoms with E-state index >= 15 is 0 Å². The Morgan fingerprint density at radius 3 is 2.68 bits per heavy atom. The van der Waals surface area contributed by atoms with Crippen LogP contribution in [0.1, 0.15) is 48.5 Å². The van der Waals surface area contributed by atoms with Gasteiger partial charge in [0, 0.05) is 18.5 Å². The molecule has 1 aromatic carbocycles. The van der Waals surface area contributed by atoms with Crippen LogP contribution in [-0.2, 0) is 19.5 Å². The molecule has 148 valence electrons. The third-order valence-electron chi connectivity index (χ3n) is 4.81. The van der Waals surface area contributed by atoms with Crippen molar-refractivity contribution < 1.29 is 9.21 Å². The molecule has 0 atom stereocenters. The zero-order valence-corrected chi connectivity index (χ0v) is 16.5. The molecule has 0 fully saturated rings. The summed E-state index contributed by atoms with van der Waals surface area (Å²) in [7, 11) is 0. The number of fused-ring (bicyclic) bond motifs is 1. The zero-order valence-electron chi connectivity index (χ0n) is 16.5. The maximum absolute atomic E-state index is 12.5. The summed E-state index contributed by atoms with van der Waals surface area (Å²) in [5, 5.41) is 3.30. The summed E-state index contributed by atoms with van der Waals surface area (Å²) < 4.78 is 5.77. The van der Waals surface area contributed by atoms with Crippen molar-refractivity contribution in [3.63, 3.8) is 0 Å². The van der Waals surface area contributed by atoms with Crippen molar-refractivity contribution in [3.8, 4) is 0 Å². The van der Waals surface area contributed by atoms with Crippen LogP contribution in [0.3, 0.4) is 0 Å². The SMILES string of the molecule is CCc1oc(C(=O)NCc2nc3ccccc3c(=O)[nH]2)cc1CN(CC)CC. The van der Waals surface area contributed by atoms with Crippen molar-refractivity contribution in [2.75, 3.05) is 13.1 Å². The molecule has 3 rings (SSSR count). The number of carbonyl (C=O) groups is 1. The number of H-pyrrole nitrogens is 1. The van der Waals surface area contributed by atoms with Gasteiger partial charge in [-0.2, -0.15) is 0 Å². The Balaban J connectivity index is 1.73. The minimum atomic E-state index is -0.323. The number of para-hydroxylation sites is 1. The second-order valence-corrected chi connectivity index (χ2v) is 6.59. The second-order valence-electron chi connectivity index (χ2n) is 6.59. The summed E-state index contributed by atoms with van der Waals surface area (Å²) in [6.07, 6.45) is 0.726. The van der Waals surface area contributed by atoms with Crippen LogP contribution >= 0.6 is 0 Å². The predicted molar refractivity (Wildman–Crippen MR) is 108 cm³/mol. The van der Waals surface area contributed by atoms with E-state index in [0.717, 1.165) is 37.4 Å². The number of furan rings is 1. The zero-order chi connectivity index (χ0) is 20.1. The lowest BCUT2D eigenvalue weighted by atomic mass is 10.2. The topological polar surface area (TPSA) is 91.2 Å². The minimum Gasteiger partial charge on any atom is -0.456 e. The van der Waals surface area contributed by atoms with Crippen LogP contribution in [0.5, 0.6) is 0 Å². The first-order valence-corrected chi connectivity index (χ1v) is 9.65. The Morgan fingerprint density at radius 1 is 1.21 bits per heavy atom. The fourth-order valence-electron chi connectivity index (χ4n) is 3.17. The van der Waals surface area contributed by atoms with Crippen LogP contribution in [0.25, 0.3) is 10.9 Å². The molecule has 7 heteroatoms. The molecule has 0 aliphatic heterocycles. The monoisotopic (exact) mass is 382 g/mol. The lowest BCUT2D eigenvalue weighted by molar-refractivity contribution is 0.0920. The highest BCUT2D eigenvalue weighted by molar-refractivity contribution is 5.91. The van der Waals surface area contributed by atoms with Gasteiger partial charge >= 0.3 is 0 Å². The first-order chi connectivity index (χ1) is 13.5. The van der Waals surface area contributed by atoms with E-state index in [9.17, 15) is 9.59 Å². The van der Waals surface area contributed by atoms with Gasteiger partial charge in [-0.15, -0.1) is 0 Å². The molecule has 0 unspecified atom stereocenters. The van der Waals surface area contributed by atoms with E-state index in [1.165, 1.54) is 0 Å². The van der Waals surface area contributed by atoms with Gasteiger partial charge in [-0.05, 0) is 31.3 Å². The molecular formula is C21H26N4O3. The average molecular weight is 382 g/mol. The molecule has 3 aromatic rings. The number of nitrogens with zero attached hydrogens (tertiary/aromatic N) is 2. The Labute approximate surface area is 163 Å². The molecule has 0 aliphatic rings. The molecule has 0 saturated carbocycles. The van der Waals surface area contributed by atoms with E-state index in [0.29, 0.717) is 16.7 Å². The summed E-state index contributed by atoms with van der Waals surface area (Å²) in [5.41, 5.74) is 1.42. The van der Waals surface area contributed by atoms with Gasteiger partial charge in [0.25, 0.3) is 11.5 Å². The highest BCUT2D eigenvalue weighted by atomic mass is 16.4. The number of rotatable bonds is 8. The van der Waals surface area contributed by atoms with Crippen molar-refractivity contribution in [1.82, 2.24) is 20.2 Å². The molecule has 0 bridgehead atoms. The van der Waals surface area contributed by atoms with E-state index in [4.69, 9.17) is 4.42 Å². The van der Waals surface area contributed by atoms with Gasteiger partial charge in [-0.1, -0.05) is 32.9 Å². The largest absolute Gasteiger partial charge is 0.456 e. The first kappa shape index (κ1) is 19.8. The van der Waals surface area contributed by atoms with Gasteiger partial charge in [0.1, 0.15) is 11.6 Å². The molecule has 1 amide bonds. The molecule has 2 aromatic heterocycles. The van der Waals surface area contributed by atoms with Crippen LogP contribution in [0.4, 0.5) is 0 Å². The molecular weight excluding hydrogens is 356 g/mol. The molecule has 2 N–H and O–H groups in total. The van der Waals surface area contributed by atoms with Gasteiger partial charge in [-0.25, -0.2) is 4.98 Å². The summed E-state index contributed by atoms with van der Waals surface area (Å²) >= 11 is 0. The molecule has 28 heavy (non-hydrogen) atoms. The molecule has 0 saturated heterocycles. The lowest BCUT2D eigenvalue weighted by Gasteiger charge is -2.17. The van der Waals surface area contributed by atoms with E-state index in [1.54, 1.807) is 18.2 Å². The number of hydrogen-bond acceptors (Lipinski definition) is 5. The lowest BCUT2D eigenvalue weighted by Crippen LogP contribution is -2.25. The van der Waals surface area contributed by atoms with Gasteiger partial charge in [0.2, 0.25) is 0 Å². The van der Waals surface area contributed by atoms with E-state index in [2.05, 4.69) is 34.0 Å². The normalized spacial score (nSPS) is 11.3. The van der Waals surface area contributed by atoms with Crippen LogP contribution in [0, 0.1) is 0 Å². The van der Waals surface area contributed by atoms with Crippen molar-refractivity contribution in [1.29, 1.82) is 0 Å². The summed E-state index contributed by atoms with van der Waals surface area (Å²) in [4.78, 5) is 34.0. The standard InChI is InChI=1S/C21H26N4O3/c1-4-17-14(13-25(5-2)6-3)11-18(28-17)21(27)22-12-19-23-16-10-8-7-9-15(16)20(26)24-19/h7-11H,4-6,12-13H2,1-3H3,(H,22,27)(H,23,24,26). The number of nitrogens with one attached hydrogen (secondary N) is 2. The Hall–Kier alpha value is -2.93. The van der Waals surface area contributed by atoms with Gasteiger partial charge in [0.05, 0.1) is 17.4 Å². The molecule has 2 heterocycles. The van der Waals surface area contributed by atoms with Crippen LogP contribution < -0.4 is 10.9 Å². The highest BCUT2D eigenvalue weighted by Crippen LogP contribution is 2.18. The number of benzene rings is 1. The minimum absolute atomic E-state index is 0.118. The quantitative estimate of drug-likeness (QED) is 0.625. The average Bonchev–Trinajstić information content (AvgIpc) is 3.13. The fourth-order valence-corrected chi connectivity index (χ4v) is 3.17. The maximum Gasteiger partial charge on any atom is 0.287 e. The smallest absolute Gasteiger partial charge is 0.287 e. The molecule has 0 spiro atoms. The van der Waals surface area contributed by atoms with Crippen molar-refractivity contribution in [2.45, 2.75) is 40.3 Å². The van der Waals surface area contributed by atoms with Crippen molar-refractivity contribution >= 4 is 16.8 Å². The number of amides is 1. The molecule has 0 radical (unpaired) electrons. The molecule has 0 aliphatic carbocycles. The Bertz CT molecular complexity index is 1020. The Kier molecular flexibility index (Phi) is 6.26. The third kappa shape index (κ3) is 4.31. The van der Waals surface area contributed by atoms with Crippen LogP contribution in [0.15, 0.2) is 39.5 Å². The first-order valence-electron chi connectivity index (χ1n) is 9.65. The predicted octanol–water partition coefficient (Wildman–Crippen LogP) is 2.85. The van der Waals surface area contributed by atoms with Crippen LogP contribution in [-0.4, -0.2) is 33.9 Å². The third-order valence-corrected chi connectivity index (χ3v) is 4.81. The summed E-state index contributed by atoms with van der Waals surface area (Å²) in [6.45, 7) is 8.98. The summed E-state index contributed by atoms with van der Waals surface area (Å²) in [6, 6.07) is 8.91. The van der Waals surface area contributed by atoms with Gasteiger partial charge in [0.15, 0.2) is 5.76 Å². The Morgan fingerprint density at radius 2 is 1.96 bits per heavy atom. The van der Waals surface area contributed by atoms with E-state index in [-0.39, 0.29) is 23.8 Å². The van der Waals surface area contributed by atoms with Gasteiger partial charge < -0.3 is 14.7 Å². The summed E-state index contributed by atoms with van der Waals surface area (Å²) in [5.74, 6) is 1.19. The van der Waals surface area contributed by atoms with Crippen LogP contribution in [0.2, 0.25) is 0 Å². The van der Waals surface area contributed by atoms with Gasteiger partial charge in [-0.3, -0.25) is 14.5 Å². The van der Waals surface area contributed by atoms with E-state index < -0.39 is 0 Å². The number of hydrogen-bond donors (Lipinski definition) is 2. The van der Waals surface area contributed by atoms with Crippen molar-refractivity contribution in [3.05, 3.63) is 63.6 Å². The molecule has 7 nitrogen and oxygen atoms in total. The van der Waals surface area contributed by atoms with Crippen molar-refractivity contribution in [2.24, 2.45) is 0 Å². The second kappa shape index (κ2) is 8.84. The number of aromatic nitrogens is 2. The highest BCUT2D eigenvalue weighted by Gasteiger charge is 2.17. The number of aryl methyl sites for hydroxylation is 1. The number of carbonyl (C=O) groups excluding carboxylic acids is 1. The number of aromatic amines is 1.